The van der Waals surface area contributed by atoms with Crippen LogP contribution in [-0.4, -0.2) is 0 Å². The molecule has 0 fully saturated rings. The summed E-state index contributed by atoms with van der Waals surface area (Å²) < 4.78 is 0. The predicted octanol–water partition coefficient (Wildman–Crippen LogP) is 7.72. The molecular weight excluding hydrogens is 402 g/mol. The predicted molar refractivity (Wildman–Crippen MR) is 133 cm³/mol. The van der Waals surface area contributed by atoms with Gasteiger partial charge >= 0.3 is 0 Å². The Labute approximate surface area is 193 Å². The number of hydrogen-bond acceptors (Lipinski definition) is 3. The van der Waals surface area contributed by atoms with Gasteiger partial charge < -0.3 is 4.90 Å². The highest BCUT2D eigenvalue weighted by atomic mass is 15.1. The van der Waals surface area contributed by atoms with Crippen LogP contribution in [0.2, 0.25) is 0 Å². The van der Waals surface area contributed by atoms with Crippen molar-refractivity contribution in [2.24, 2.45) is 0 Å². The molecule has 0 saturated heterocycles. The van der Waals surface area contributed by atoms with E-state index >= 15 is 0 Å². The molecule has 0 radical (unpaired) electrons. The lowest BCUT2D eigenvalue weighted by Gasteiger charge is -2.27. The Morgan fingerprint density at radius 3 is 1.64 bits per heavy atom. The van der Waals surface area contributed by atoms with Crippen LogP contribution >= 0.6 is 0 Å². The van der Waals surface area contributed by atoms with E-state index in [1.807, 2.05) is 60.7 Å². The number of hydrogen-bond donors (Lipinski definition) is 0. The zero-order chi connectivity index (χ0) is 22.6. The fourth-order valence-electron chi connectivity index (χ4n) is 4.23. The van der Waals surface area contributed by atoms with E-state index in [2.05, 4.69) is 65.6 Å². The van der Waals surface area contributed by atoms with Crippen molar-refractivity contribution in [3.63, 3.8) is 0 Å². The van der Waals surface area contributed by atoms with Gasteiger partial charge in [-0.1, -0.05) is 66.7 Å². The van der Waals surface area contributed by atoms with E-state index in [-0.39, 0.29) is 0 Å². The highest BCUT2D eigenvalue weighted by molar-refractivity contribution is 6.05. The van der Waals surface area contributed by atoms with E-state index in [1.54, 1.807) is 6.07 Å². The maximum Gasteiger partial charge on any atom is 0.0992 e. The number of anilines is 3. The van der Waals surface area contributed by atoms with Gasteiger partial charge in [0.15, 0.2) is 0 Å². The van der Waals surface area contributed by atoms with E-state index in [9.17, 15) is 10.5 Å². The Morgan fingerprint density at radius 2 is 1.06 bits per heavy atom. The molecule has 0 aromatic heterocycles. The third-order valence-corrected chi connectivity index (χ3v) is 5.67. The average molecular weight is 422 g/mol. The van der Waals surface area contributed by atoms with Gasteiger partial charge in [0.2, 0.25) is 0 Å². The molecule has 0 aliphatic carbocycles. The molecule has 0 aliphatic rings. The molecule has 0 N–H and O–H groups in total. The molecular formula is C30H19N3. The summed E-state index contributed by atoms with van der Waals surface area (Å²) in [5.74, 6) is 0. The van der Waals surface area contributed by atoms with Crippen LogP contribution < -0.4 is 4.90 Å². The fourth-order valence-corrected chi connectivity index (χ4v) is 4.23. The summed E-state index contributed by atoms with van der Waals surface area (Å²) in [5.41, 5.74) is 6.01. The second-order valence-electron chi connectivity index (χ2n) is 7.71. The Morgan fingerprint density at radius 1 is 0.515 bits per heavy atom. The summed E-state index contributed by atoms with van der Waals surface area (Å²) in [5, 5.41) is 21.0. The third kappa shape index (κ3) is 3.81. The monoisotopic (exact) mass is 421 g/mol. The molecule has 0 aliphatic heterocycles. The van der Waals surface area contributed by atoms with Crippen LogP contribution in [0.1, 0.15) is 11.1 Å². The lowest BCUT2D eigenvalue weighted by atomic mass is 9.94. The van der Waals surface area contributed by atoms with Crippen LogP contribution in [0, 0.1) is 22.7 Å². The first-order valence-corrected chi connectivity index (χ1v) is 10.7. The Bertz CT molecular complexity index is 1450. The Hall–Kier alpha value is -4.86. The number of para-hydroxylation sites is 2. The summed E-state index contributed by atoms with van der Waals surface area (Å²) in [6, 6.07) is 42.7. The average Bonchev–Trinajstić information content (AvgIpc) is 2.89. The first-order chi connectivity index (χ1) is 16.3. The number of nitrogens with zero attached hydrogens (tertiary/aromatic N) is 3. The van der Waals surface area contributed by atoms with Crippen LogP contribution in [0.5, 0.6) is 0 Å². The largest absolute Gasteiger partial charge is 0.310 e. The smallest absolute Gasteiger partial charge is 0.0992 e. The second-order valence-corrected chi connectivity index (χ2v) is 7.71. The van der Waals surface area contributed by atoms with Gasteiger partial charge in [0.25, 0.3) is 0 Å². The minimum absolute atomic E-state index is 0.479. The van der Waals surface area contributed by atoms with Gasteiger partial charge in [0.05, 0.1) is 29.0 Å². The van der Waals surface area contributed by atoms with Gasteiger partial charge in [-0.2, -0.15) is 10.5 Å². The first kappa shape index (κ1) is 20.1. The van der Waals surface area contributed by atoms with Crippen molar-refractivity contribution < 1.29 is 0 Å². The molecule has 0 saturated carbocycles. The van der Waals surface area contributed by atoms with E-state index in [4.69, 9.17) is 0 Å². The molecule has 0 atom stereocenters. The summed E-state index contributed by atoms with van der Waals surface area (Å²) >= 11 is 0. The van der Waals surface area contributed by atoms with Crippen molar-refractivity contribution in [1.29, 1.82) is 10.5 Å². The minimum Gasteiger partial charge on any atom is -0.310 e. The van der Waals surface area contributed by atoms with Crippen LogP contribution in [-0.2, 0) is 0 Å². The van der Waals surface area contributed by atoms with Crippen molar-refractivity contribution >= 4 is 27.8 Å². The summed E-state index contributed by atoms with van der Waals surface area (Å²) in [6.07, 6.45) is 0. The molecule has 5 aromatic carbocycles. The molecule has 3 heteroatoms. The van der Waals surface area contributed by atoms with Crippen molar-refractivity contribution in [1.82, 2.24) is 0 Å². The van der Waals surface area contributed by atoms with E-state index < -0.39 is 0 Å². The molecule has 0 bridgehead atoms. The number of fused-ring (bicyclic) bond motifs is 1. The lowest BCUT2D eigenvalue weighted by Crippen LogP contribution is -2.10. The molecule has 0 amide bonds. The maximum absolute atomic E-state index is 9.45. The van der Waals surface area contributed by atoms with Crippen LogP contribution in [0.4, 0.5) is 17.1 Å². The molecule has 0 spiro atoms. The zero-order valence-electron chi connectivity index (χ0n) is 17.8. The maximum atomic E-state index is 9.45. The van der Waals surface area contributed by atoms with Crippen molar-refractivity contribution in [3.05, 3.63) is 126 Å². The summed E-state index contributed by atoms with van der Waals surface area (Å²) in [4.78, 5) is 2.25. The van der Waals surface area contributed by atoms with Gasteiger partial charge in [0.1, 0.15) is 0 Å². The molecule has 154 valence electrons. The van der Waals surface area contributed by atoms with Gasteiger partial charge in [-0.05, 0) is 65.0 Å². The quantitative estimate of drug-likeness (QED) is 0.298. The molecule has 3 nitrogen and oxygen atoms in total. The van der Waals surface area contributed by atoms with E-state index in [0.717, 1.165) is 39.0 Å². The van der Waals surface area contributed by atoms with Gasteiger partial charge in [-0.3, -0.25) is 0 Å². The van der Waals surface area contributed by atoms with E-state index in [1.165, 1.54) is 0 Å². The molecule has 33 heavy (non-hydrogen) atoms. The number of benzene rings is 5. The molecule has 0 heterocycles. The standard InChI is InChI=1S/C30H19N3/c31-20-22-17-23(21-32)19-24(18-22)27-13-7-15-29-28(27)14-8-16-30(29)33(25-9-3-1-4-10-25)26-11-5-2-6-12-26/h1-19H. The number of nitriles is 2. The van der Waals surface area contributed by atoms with Gasteiger partial charge in [0, 0.05) is 16.8 Å². The van der Waals surface area contributed by atoms with Gasteiger partial charge in [-0.15, -0.1) is 0 Å². The first-order valence-electron chi connectivity index (χ1n) is 10.7. The summed E-state index contributed by atoms with van der Waals surface area (Å²) in [7, 11) is 0. The SMILES string of the molecule is N#Cc1cc(C#N)cc(-c2cccc3c(N(c4ccccc4)c4ccccc4)cccc23)c1. The van der Waals surface area contributed by atoms with Crippen molar-refractivity contribution in [3.8, 4) is 23.3 Å². The topological polar surface area (TPSA) is 50.8 Å². The van der Waals surface area contributed by atoms with Gasteiger partial charge in [-0.25, -0.2) is 0 Å². The highest BCUT2D eigenvalue weighted by Crippen LogP contribution is 2.41. The normalized spacial score (nSPS) is 10.4. The molecule has 5 aromatic rings. The fraction of sp³-hybridized carbons (Fsp3) is 0. The zero-order valence-corrected chi connectivity index (χ0v) is 17.8. The summed E-state index contributed by atoms with van der Waals surface area (Å²) in [6.45, 7) is 0. The van der Waals surface area contributed by atoms with Crippen LogP contribution in [0.15, 0.2) is 115 Å². The second kappa shape index (κ2) is 8.71. The van der Waals surface area contributed by atoms with Crippen molar-refractivity contribution in [2.45, 2.75) is 0 Å². The van der Waals surface area contributed by atoms with Crippen LogP contribution in [0.25, 0.3) is 21.9 Å². The number of rotatable bonds is 4. The van der Waals surface area contributed by atoms with Crippen molar-refractivity contribution in [2.75, 3.05) is 4.90 Å². The highest BCUT2D eigenvalue weighted by Gasteiger charge is 2.16. The van der Waals surface area contributed by atoms with Crippen LogP contribution in [0.3, 0.4) is 0 Å². The Kier molecular flexibility index (Phi) is 5.30. The van der Waals surface area contributed by atoms with E-state index in [0.29, 0.717) is 11.1 Å². The Balaban J connectivity index is 1.77. The lowest BCUT2D eigenvalue weighted by molar-refractivity contribution is 1.30. The minimum atomic E-state index is 0.479. The third-order valence-electron chi connectivity index (χ3n) is 5.67. The molecule has 0 unspecified atom stereocenters. The molecule has 5 rings (SSSR count).